The van der Waals surface area contributed by atoms with E-state index in [2.05, 4.69) is 15.9 Å². The second kappa shape index (κ2) is 6.50. The summed E-state index contributed by atoms with van der Waals surface area (Å²) in [5, 5.41) is 17.9. The largest absolute Gasteiger partial charge is 0.273 e. The Hall–Kier alpha value is -1.07. The van der Waals surface area contributed by atoms with E-state index in [-0.39, 0.29) is 13.1 Å². The molecule has 0 N–H and O–H groups in total. The van der Waals surface area contributed by atoms with Gasteiger partial charge in [-0.2, -0.15) is 10.5 Å². The quantitative estimate of drug-likeness (QED) is 0.803. The fourth-order valence-corrected chi connectivity index (χ4v) is 1.99. The van der Waals surface area contributed by atoms with Gasteiger partial charge in [0.05, 0.1) is 25.2 Å². The van der Waals surface area contributed by atoms with E-state index in [4.69, 9.17) is 22.1 Å². The lowest BCUT2D eigenvalue weighted by atomic mass is 10.2. The molecule has 0 aliphatic heterocycles. The first-order chi connectivity index (χ1) is 7.67. The molecule has 0 heterocycles. The molecule has 0 atom stereocenters. The van der Waals surface area contributed by atoms with Crippen LogP contribution in [-0.2, 0) is 6.54 Å². The average molecular weight is 299 g/mol. The molecular weight excluding hydrogens is 289 g/mol. The van der Waals surface area contributed by atoms with Gasteiger partial charge in [-0.15, -0.1) is 0 Å². The molecule has 1 aromatic carbocycles. The lowest BCUT2D eigenvalue weighted by Crippen LogP contribution is -2.24. The zero-order valence-electron chi connectivity index (χ0n) is 8.45. The highest BCUT2D eigenvalue weighted by Gasteiger charge is 2.08. The third-order valence-corrected chi connectivity index (χ3v) is 2.84. The first-order valence-electron chi connectivity index (χ1n) is 4.57. The van der Waals surface area contributed by atoms with E-state index in [1.807, 2.05) is 24.3 Å². The molecule has 16 heavy (non-hydrogen) atoms. The summed E-state index contributed by atoms with van der Waals surface area (Å²) in [5.41, 5.74) is 0.912. The number of nitriles is 2. The Kier molecular flexibility index (Phi) is 5.28. The van der Waals surface area contributed by atoms with Gasteiger partial charge in [0.25, 0.3) is 0 Å². The molecular formula is C11H9BrClN3. The zero-order chi connectivity index (χ0) is 12.0. The van der Waals surface area contributed by atoms with Gasteiger partial charge in [-0.3, -0.25) is 4.90 Å². The Bertz CT molecular complexity index is 432. The molecule has 0 amide bonds. The van der Waals surface area contributed by atoms with Crippen molar-refractivity contribution >= 4 is 27.5 Å². The number of hydrogen-bond donors (Lipinski definition) is 0. The molecule has 3 nitrogen and oxygen atoms in total. The second-order valence-corrected chi connectivity index (χ2v) is 4.52. The van der Waals surface area contributed by atoms with E-state index in [0.717, 1.165) is 10.0 Å². The van der Waals surface area contributed by atoms with Gasteiger partial charge in [0, 0.05) is 16.0 Å². The lowest BCUT2D eigenvalue weighted by Gasteiger charge is -2.16. The Morgan fingerprint density at radius 3 is 2.38 bits per heavy atom. The lowest BCUT2D eigenvalue weighted by molar-refractivity contribution is 0.335. The van der Waals surface area contributed by atoms with Crippen LogP contribution in [0.3, 0.4) is 0 Å². The highest BCUT2D eigenvalue weighted by molar-refractivity contribution is 9.10. The van der Waals surface area contributed by atoms with Crippen LogP contribution in [0.4, 0.5) is 0 Å². The number of rotatable bonds is 4. The van der Waals surface area contributed by atoms with Crippen molar-refractivity contribution in [2.24, 2.45) is 0 Å². The van der Waals surface area contributed by atoms with Crippen LogP contribution in [-0.4, -0.2) is 18.0 Å². The Morgan fingerprint density at radius 2 is 1.88 bits per heavy atom. The van der Waals surface area contributed by atoms with Gasteiger partial charge in [0.1, 0.15) is 0 Å². The molecule has 0 spiro atoms. The van der Waals surface area contributed by atoms with Crippen LogP contribution in [0.2, 0.25) is 5.02 Å². The Balaban J connectivity index is 2.78. The van der Waals surface area contributed by atoms with E-state index in [1.54, 1.807) is 11.0 Å². The third-order valence-electron chi connectivity index (χ3n) is 2.00. The minimum Gasteiger partial charge on any atom is -0.273 e. The van der Waals surface area contributed by atoms with E-state index >= 15 is 0 Å². The molecule has 1 aromatic rings. The van der Waals surface area contributed by atoms with Crippen molar-refractivity contribution in [1.82, 2.24) is 4.90 Å². The Morgan fingerprint density at radius 1 is 1.25 bits per heavy atom. The average Bonchev–Trinajstić information content (AvgIpc) is 2.23. The van der Waals surface area contributed by atoms with E-state index in [0.29, 0.717) is 11.6 Å². The Labute approximate surface area is 108 Å². The van der Waals surface area contributed by atoms with Gasteiger partial charge in [0.15, 0.2) is 0 Å². The molecule has 1 rings (SSSR count). The van der Waals surface area contributed by atoms with Crippen molar-refractivity contribution in [3.63, 3.8) is 0 Å². The standard InChI is InChI=1S/C11H9BrClN3/c12-10-2-1-9(11(13)7-10)8-16(5-3-14)6-4-15/h1-2,7H,5-6,8H2. The normalized spacial score (nSPS) is 9.81. The van der Waals surface area contributed by atoms with Crippen molar-refractivity contribution in [2.75, 3.05) is 13.1 Å². The van der Waals surface area contributed by atoms with E-state index < -0.39 is 0 Å². The summed E-state index contributed by atoms with van der Waals surface area (Å²) >= 11 is 9.37. The number of nitrogens with zero attached hydrogens (tertiary/aromatic N) is 3. The molecule has 5 heteroatoms. The predicted molar refractivity (Wildman–Crippen MR) is 65.7 cm³/mol. The summed E-state index contributed by atoms with van der Waals surface area (Å²) in [6.45, 7) is 0.952. The molecule has 0 saturated carbocycles. The van der Waals surface area contributed by atoms with Crippen LogP contribution < -0.4 is 0 Å². The molecule has 0 bridgehead atoms. The zero-order valence-corrected chi connectivity index (χ0v) is 10.8. The first kappa shape index (κ1) is 13.0. The van der Waals surface area contributed by atoms with Gasteiger partial charge < -0.3 is 0 Å². The third kappa shape index (κ3) is 3.83. The predicted octanol–water partition coefficient (Wildman–Crippen LogP) is 2.95. The highest BCUT2D eigenvalue weighted by Crippen LogP contribution is 2.22. The first-order valence-corrected chi connectivity index (χ1v) is 5.74. The second-order valence-electron chi connectivity index (χ2n) is 3.20. The van der Waals surface area contributed by atoms with Crippen LogP contribution in [0.15, 0.2) is 22.7 Å². The molecule has 0 aliphatic carbocycles. The van der Waals surface area contributed by atoms with Crippen LogP contribution >= 0.6 is 27.5 Å². The SMILES string of the molecule is N#CCN(CC#N)Cc1ccc(Br)cc1Cl. The molecule has 82 valence electrons. The van der Waals surface area contributed by atoms with Crippen molar-refractivity contribution in [3.05, 3.63) is 33.3 Å². The minimum absolute atomic E-state index is 0.222. The molecule has 0 radical (unpaired) electrons. The van der Waals surface area contributed by atoms with Gasteiger partial charge in [-0.05, 0) is 17.7 Å². The van der Waals surface area contributed by atoms with Crippen LogP contribution in [0.25, 0.3) is 0 Å². The van der Waals surface area contributed by atoms with Crippen LogP contribution in [0.5, 0.6) is 0 Å². The topological polar surface area (TPSA) is 50.8 Å². The van der Waals surface area contributed by atoms with Gasteiger partial charge >= 0.3 is 0 Å². The highest BCUT2D eigenvalue weighted by atomic mass is 79.9. The molecule has 0 unspecified atom stereocenters. The van der Waals surface area contributed by atoms with E-state index in [1.165, 1.54) is 0 Å². The summed E-state index contributed by atoms with van der Waals surface area (Å²) < 4.78 is 0.911. The number of halogens is 2. The van der Waals surface area contributed by atoms with Crippen molar-refractivity contribution < 1.29 is 0 Å². The summed E-state index contributed by atoms with van der Waals surface area (Å²) in [5.74, 6) is 0. The molecule has 0 saturated heterocycles. The maximum atomic E-state index is 8.61. The van der Waals surface area contributed by atoms with Gasteiger partial charge in [-0.1, -0.05) is 33.6 Å². The van der Waals surface area contributed by atoms with Crippen molar-refractivity contribution in [1.29, 1.82) is 10.5 Å². The fourth-order valence-electron chi connectivity index (χ4n) is 1.26. The summed E-state index contributed by atoms with van der Waals surface area (Å²) in [4.78, 5) is 1.73. The summed E-state index contributed by atoms with van der Waals surface area (Å²) in [6, 6.07) is 9.62. The monoisotopic (exact) mass is 297 g/mol. The van der Waals surface area contributed by atoms with E-state index in [9.17, 15) is 0 Å². The number of benzene rings is 1. The van der Waals surface area contributed by atoms with Crippen molar-refractivity contribution in [2.45, 2.75) is 6.54 Å². The maximum Gasteiger partial charge on any atom is 0.0877 e. The van der Waals surface area contributed by atoms with Crippen LogP contribution in [0, 0.1) is 22.7 Å². The smallest absolute Gasteiger partial charge is 0.0877 e. The van der Waals surface area contributed by atoms with Crippen molar-refractivity contribution in [3.8, 4) is 12.1 Å². The van der Waals surface area contributed by atoms with Gasteiger partial charge in [0.2, 0.25) is 0 Å². The summed E-state index contributed by atoms with van der Waals surface area (Å²) in [6.07, 6.45) is 0. The van der Waals surface area contributed by atoms with Gasteiger partial charge in [-0.25, -0.2) is 0 Å². The number of hydrogen-bond acceptors (Lipinski definition) is 3. The molecule has 0 aromatic heterocycles. The summed E-state index contributed by atoms with van der Waals surface area (Å²) in [7, 11) is 0. The maximum absolute atomic E-state index is 8.61. The minimum atomic E-state index is 0.222. The molecule has 0 aliphatic rings. The molecule has 0 fully saturated rings. The van der Waals surface area contributed by atoms with Crippen LogP contribution in [0.1, 0.15) is 5.56 Å². The fraction of sp³-hybridized carbons (Fsp3) is 0.273.